The molecule has 4 atom stereocenters. The molecule has 0 spiro atoms. The molecule has 2 aliphatic rings. The molecule has 1 aliphatic carbocycles. The number of benzene rings is 1. The number of urea groups is 1. The van der Waals surface area contributed by atoms with E-state index in [1.807, 2.05) is 0 Å². The van der Waals surface area contributed by atoms with E-state index >= 15 is 0 Å². The fourth-order valence-electron chi connectivity index (χ4n) is 4.44. The molecule has 1 saturated heterocycles. The van der Waals surface area contributed by atoms with Gasteiger partial charge < -0.3 is 30.0 Å². The summed E-state index contributed by atoms with van der Waals surface area (Å²) < 4.78 is 38.5. The van der Waals surface area contributed by atoms with Crippen molar-refractivity contribution in [2.45, 2.75) is 50.0 Å². The number of amides is 3. The Bertz CT molecular complexity index is 1220. The largest absolute Gasteiger partial charge is 0.467 e. The van der Waals surface area contributed by atoms with E-state index in [-0.39, 0.29) is 42.9 Å². The van der Waals surface area contributed by atoms with E-state index in [4.69, 9.17) is 9.47 Å². The lowest BCUT2D eigenvalue weighted by molar-refractivity contribution is -0.145. The molecule has 1 saturated carbocycles. The molecule has 36 heavy (non-hydrogen) atoms. The van der Waals surface area contributed by atoms with Crippen molar-refractivity contribution in [3.8, 4) is 0 Å². The lowest BCUT2D eigenvalue weighted by atomic mass is 9.89. The average molecular weight is 504 g/mol. The Hall–Kier alpha value is -3.80. The van der Waals surface area contributed by atoms with Crippen molar-refractivity contribution in [2.75, 3.05) is 13.7 Å². The molecule has 0 bridgehead atoms. The third kappa shape index (κ3) is 5.70. The van der Waals surface area contributed by atoms with Crippen LogP contribution in [-0.2, 0) is 20.8 Å². The van der Waals surface area contributed by atoms with Gasteiger partial charge in [0.1, 0.15) is 5.56 Å². The topological polar surface area (TPSA) is 128 Å². The van der Waals surface area contributed by atoms with Gasteiger partial charge in [0.2, 0.25) is 0 Å². The zero-order valence-electron chi connectivity index (χ0n) is 19.5. The standard InChI is InChI=1S/C24H26F2N4O6/c1-35-23(33)20(12-36-14-5-7-18-19(10-14)29-24(34)28-18)27-21(31)15-3-2-8-30(22(15)32)11-13-4-6-16(25)17(26)9-13/h2-4,6,8-9,14,18-20H,5,7,10-12H2,1H3,(H,27,31)(H2,28,29,34)/t14?,18?,19?,20-/m0/s1. The molecule has 12 heteroatoms. The number of pyridine rings is 1. The first-order chi connectivity index (χ1) is 17.2. The van der Waals surface area contributed by atoms with Crippen molar-refractivity contribution in [3.05, 3.63) is 69.6 Å². The number of aromatic nitrogens is 1. The quantitative estimate of drug-likeness (QED) is 0.462. The van der Waals surface area contributed by atoms with Crippen molar-refractivity contribution in [1.29, 1.82) is 0 Å². The van der Waals surface area contributed by atoms with Crippen LogP contribution in [0.1, 0.15) is 35.2 Å². The Morgan fingerprint density at radius 3 is 2.67 bits per heavy atom. The van der Waals surface area contributed by atoms with Crippen LogP contribution in [0.3, 0.4) is 0 Å². The molecule has 3 amide bonds. The maximum atomic E-state index is 13.5. The molecule has 1 aliphatic heterocycles. The van der Waals surface area contributed by atoms with Gasteiger partial charge in [-0.25, -0.2) is 18.4 Å². The van der Waals surface area contributed by atoms with Crippen LogP contribution in [0.5, 0.6) is 0 Å². The van der Waals surface area contributed by atoms with Crippen molar-refractivity contribution in [3.63, 3.8) is 0 Å². The first-order valence-electron chi connectivity index (χ1n) is 11.5. The molecular weight excluding hydrogens is 478 g/mol. The Morgan fingerprint density at radius 2 is 1.92 bits per heavy atom. The first-order valence-corrected chi connectivity index (χ1v) is 11.5. The molecule has 10 nitrogen and oxygen atoms in total. The molecule has 2 heterocycles. The van der Waals surface area contributed by atoms with E-state index in [0.717, 1.165) is 12.1 Å². The highest BCUT2D eigenvalue weighted by molar-refractivity contribution is 5.96. The predicted molar refractivity (Wildman–Crippen MR) is 122 cm³/mol. The van der Waals surface area contributed by atoms with Crippen molar-refractivity contribution < 1.29 is 32.6 Å². The Kier molecular flexibility index (Phi) is 7.63. The Labute approximate surface area is 205 Å². The molecule has 4 rings (SSSR count). The lowest BCUT2D eigenvalue weighted by Crippen LogP contribution is -2.48. The van der Waals surface area contributed by atoms with Gasteiger partial charge in [0.15, 0.2) is 17.7 Å². The van der Waals surface area contributed by atoms with Gasteiger partial charge >= 0.3 is 12.0 Å². The first kappa shape index (κ1) is 25.3. The molecule has 1 aromatic heterocycles. The van der Waals surface area contributed by atoms with Crippen molar-refractivity contribution >= 4 is 17.9 Å². The number of carbonyl (C=O) groups excluding carboxylic acids is 3. The number of halogens is 2. The highest BCUT2D eigenvalue weighted by Gasteiger charge is 2.38. The molecule has 192 valence electrons. The minimum atomic E-state index is -1.17. The number of methoxy groups -OCH3 is 1. The summed E-state index contributed by atoms with van der Waals surface area (Å²) in [6.07, 6.45) is 3.11. The Balaban J connectivity index is 1.41. The number of hydrogen-bond donors (Lipinski definition) is 3. The van der Waals surface area contributed by atoms with Gasteiger partial charge in [0.05, 0.1) is 38.4 Å². The number of carbonyl (C=O) groups is 3. The molecule has 1 aromatic carbocycles. The average Bonchev–Trinajstić information content (AvgIpc) is 3.23. The number of rotatable bonds is 8. The minimum Gasteiger partial charge on any atom is -0.467 e. The van der Waals surface area contributed by atoms with Gasteiger partial charge in [-0.3, -0.25) is 9.59 Å². The van der Waals surface area contributed by atoms with Crippen LogP contribution in [-0.4, -0.2) is 60.4 Å². The van der Waals surface area contributed by atoms with Gasteiger partial charge in [-0.1, -0.05) is 6.07 Å². The van der Waals surface area contributed by atoms with E-state index in [9.17, 15) is 28.0 Å². The lowest BCUT2D eigenvalue weighted by Gasteiger charge is -2.31. The minimum absolute atomic E-state index is 0.0418. The van der Waals surface area contributed by atoms with Crippen molar-refractivity contribution in [1.82, 2.24) is 20.5 Å². The van der Waals surface area contributed by atoms with Crippen LogP contribution < -0.4 is 21.5 Å². The number of fused-ring (bicyclic) bond motifs is 1. The number of ether oxygens (including phenoxy) is 2. The van der Waals surface area contributed by atoms with Gasteiger partial charge in [-0.2, -0.15) is 0 Å². The van der Waals surface area contributed by atoms with Crippen LogP contribution in [0.4, 0.5) is 13.6 Å². The van der Waals surface area contributed by atoms with Crippen molar-refractivity contribution in [2.24, 2.45) is 0 Å². The fourth-order valence-corrected chi connectivity index (χ4v) is 4.44. The van der Waals surface area contributed by atoms with Crippen LogP contribution in [0.15, 0.2) is 41.3 Å². The van der Waals surface area contributed by atoms with E-state index in [0.29, 0.717) is 24.8 Å². The van der Waals surface area contributed by atoms with Gasteiger partial charge in [-0.15, -0.1) is 0 Å². The maximum Gasteiger partial charge on any atom is 0.330 e. The number of hydrogen-bond acceptors (Lipinski definition) is 6. The Morgan fingerprint density at radius 1 is 1.14 bits per heavy atom. The van der Waals surface area contributed by atoms with E-state index in [1.165, 1.54) is 36.1 Å². The van der Waals surface area contributed by atoms with Crippen LogP contribution in [0.2, 0.25) is 0 Å². The molecule has 3 N–H and O–H groups in total. The maximum absolute atomic E-state index is 13.5. The summed E-state index contributed by atoms with van der Waals surface area (Å²) in [6.45, 7) is -0.270. The summed E-state index contributed by atoms with van der Waals surface area (Å²) in [5.74, 6) is -3.61. The fraction of sp³-hybridized carbons (Fsp3) is 0.417. The number of nitrogens with one attached hydrogen (secondary N) is 3. The van der Waals surface area contributed by atoms with E-state index in [1.54, 1.807) is 0 Å². The van der Waals surface area contributed by atoms with Gasteiger partial charge in [-0.05, 0) is 49.1 Å². The summed E-state index contributed by atoms with van der Waals surface area (Å²) in [5.41, 5.74) is -0.584. The normalized spacial score (nSPS) is 21.6. The summed E-state index contributed by atoms with van der Waals surface area (Å²) in [5, 5.41) is 8.15. The number of nitrogens with zero attached hydrogens (tertiary/aromatic N) is 1. The smallest absolute Gasteiger partial charge is 0.330 e. The molecule has 2 aromatic rings. The predicted octanol–water partition coefficient (Wildman–Crippen LogP) is 1.07. The summed E-state index contributed by atoms with van der Waals surface area (Å²) >= 11 is 0. The molecule has 2 fully saturated rings. The highest BCUT2D eigenvalue weighted by atomic mass is 19.2. The number of esters is 1. The molecule has 0 radical (unpaired) electrons. The highest BCUT2D eigenvalue weighted by Crippen LogP contribution is 2.24. The zero-order chi connectivity index (χ0) is 25.8. The van der Waals surface area contributed by atoms with E-state index in [2.05, 4.69) is 16.0 Å². The summed E-state index contributed by atoms with van der Waals surface area (Å²) in [6, 6.07) is 4.60. The van der Waals surface area contributed by atoms with Crippen LogP contribution in [0.25, 0.3) is 0 Å². The summed E-state index contributed by atoms with van der Waals surface area (Å²) in [4.78, 5) is 49.6. The van der Waals surface area contributed by atoms with Crippen LogP contribution in [0, 0.1) is 11.6 Å². The molecule has 3 unspecified atom stereocenters. The summed E-state index contributed by atoms with van der Waals surface area (Å²) in [7, 11) is 1.17. The van der Waals surface area contributed by atoms with Gasteiger partial charge in [0.25, 0.3) is 11.5 Å². The van der Waals surface area contributed by atoms with Gasteiger partial charge in [0, 0.05) is 6.20 Å². The van der Waals surface area contributed by atoms with E-state index < -0.39 is 35.1 Å². The second kappa shape index (κ2) is 10.9. The third-order valence-corrected chi connectivity index (χ3v) is 6.33. The third-order valence-electron chi connectivity index (χ3n) is 6.33. The SMILES string of the molecule is COC(=O)[C@H](COC1CCC2NC(=O)NC2C1)NC(=O)c1cccn(Cc2ccc(F)c(F)c2)c1=O. The van der Waals surface area contributed by atoms with Crippen LogP contribution >= 0.6 is 0 Å². The zero-order valence-corrected chi connectivity index (χ0v) is 19.5. The monoisotopic (exact) mass is 504 g/mol. The second-order valence-electron chi connectivity index (χ2n) is 8.75. The second-order valence-corrected chi connectivity index (χ2v) is 8.75. The molecular formula is C24H26F2N4O6.